The lowest BCUT2D eigenvalue weighted by molar-refractivity contribution is 0.133. The first-order valence-corrected chi connectivity index (χ1v) is 11.3. The number of amides is 1. The third kappa shape index (κ3) is 4.27. The maximum Gasteiger partial charge on any atom is 0.414 e. The first kappa shape index (κ1) is 20.8. The van der Waals surface area contributed by atoms with Crippen LogP contribution in [0.15, 0.2) is 48.3 Å². The van der Waals surface area contributed by atoms with Crippen molar-refractivity contribution in [1.29, 1.82) is 0 Å². The minimum Gasteiger partial charge on any atom is -0.481 e. The minimum absolute atomic E-state index is 0.114. The van der Waals surface area contributed by atoms with Gasteiger partial charge in [0, 0.05) is 37.6 Å². The van der Waals surface area contributed by atoms with E-state index in [1.165, 1.54) is 0 Å². The maximum absolute atomic E-state index is 12.2. The molecule has 8 heteroatoms. The van der Waals surface area contributed by atoms with E-state index in [1.54, 1.807) is 12.0 Å². The number of aromatic nitrogens is 2. The number of carbonyl (C=O) groups excluding carboxylic acids is 1. The summed E-state index contributed by atoms with van der Waals surface area (Å²) in [6.45, 7) is 4.12. The van der Waals surface area contributed by atoms with E-state index in [-0.39, 0.29) is 12.2 Å². The van der Waals surface area contributed by atoms with Crippen LogP contribution in [0.4, 0.5) is 10.5 Å². The number of nitrogens with zero attached hydrogens (tertiary/aromatic N) is 4. The number of cyclic esters (lactones) is 1. The topological polar surface area (TPSA) is 79.8 Å². The van der Waals surface area contributed by atoms with Gasteiger partial charge in [-0.05, 0) is 49.9 Å². The zero-order chi connectivity index (χ0) is 21.9. The number of allylic oxidation sites excluding steroid dienone is 3. The van der Waals surface area contributed by atoms with Crippen molar-refractivity contribution in [3.05, 3.63) is 48.3 Å². The summed E-state index contributed by atoms with van der Waals surface area (Å²) in [5, 5.41) is 3.52. The second kappa shape index (κ2) is 9.16. The summed E-state index contributed by atoms with van der Waals surface area (Å²) in [7, 11) is 1.63. The molecule has 3 aliphatic rings. The van der Waals surface area contributed by atoms with Crippen LogP contribution in [0.25, 0.3) is 11.0 Å². The largest absolute Gasteiger partial charge is 0.481 e. The van der Waals surface area contributed by atoms with Crippen molar-refractivity contribution >= 4 is 22.8 Å². The summed E-state index contributed by atoms with van der Waals surface area (Å²) in [5.41, 5.74) is 3.82. The molecule has 0 radical (unpaired) electrons. The first-order valence-electron chi connectivity index (χ1n) is 11.3. The molecule has 1 aliphatic carbocycles. The van der Waals surface area contributed by atoms with Gasteiger partial charge in [0.25, 0.3) is 0 Å². The summed E-state index contributed by atoms with van der Waals surface area (Å²) in [6.07, 6.45) is 10.8. The molecular formula is C24H29N5O3. The van der Waals surface area contributed by atoms with Crippen LogP contribution in [0.2, 0.25) is 0 Å². The van der Waals surface area contributed by atoms with E-state index in [0.29, 0.717) is 24.9 Å². The number of pyridine rings is 2. The third-order valence-electron chi connectivity index (χ3n) is 6.34. The molecule has 1 unspecified atom stereocenters. The molecular weight excluding hydrogens is 406 g/mol. The molecule has 2 atom stereocenters. The molecule has 0 spiro atoms. The molecule has 0 bridgehead atoms. The van der Waals surface area contributed by atoms with Crippen LogP contribution >= 0.6 is 0 Å². The second-order valence-corrected chi connectivity index (χ2v) is 8.54. The van der Waals surface area contributed by atoms with E-state index >= 15 is 0 Å². The lowest BCUT2D eigenvalue weighted by Gasteiger charge is -2.20. The Bertz CT molecular complexity index is 1050. The van der Waals surface area contributed by atoms with Crippen LogP contribution < -0.4 is 15.0 Å². The van der Waals surface area contributed by atoms with E-state index in [9.17, 15) is 4.79 Å². The zero-order valence-electron chi connectivity index (χ0n) is 18.4. The smallest absolute Gasteiger partial charge is 0.414 e. The molecule has 4 heterocycles. The highest BCUT2D eigenvalue weighted by Crippen LogP contribution is 2.30. The van der Waals surface area contributed by atoms with E-state index in [1.807, 2.05) is 30.5 Å². The Labute approximate surface area is 187 Å². The average Bonchev–Trinajstić information content (AvgIpc) is 3.45. The second-order valence-electron chi connectivity index (χ2n) is 8.54. The normalized spacial score (nSPS) is 23.0. The monoisotopic (exact) mass is 435 g/mol. The standard InChI is InChI=1S/C24H29N5O3/c1-31-22-8-7-20-23(27-22)21(9-11-26-20)28-12-10-17(15-28)13-25-14-19-16-29(24(30)32-19)18-5-3-2-4-6-18/h3,5-9,11,17,19,25H,2,4,10,12-16H2,1H3/t17?,19-/m1/s1. The summed E-state index contributed by atoms with van der Waals surface area (Å²) in [5.74, 6) is 1.13. The van der Waals surface area contributed by atoms with Crippen LogP contribution in [-0.4, -0.2) is 66.9 Å². The van der Waals surface area contributed by atoms with Gasteiger partial charge in [0.1, 0.15) is 11.6 Å². The number of hydrogen-bond donors (Lipinski definition) is 1. The molecule has 0 aromatic carbocycles. The van der Waals surface area contributed by atoms with Crippen molar-refractivity contribution in [3.63, 3.8) is 0 Å². The lowest BCUT2D eigenvalue weighted by atomic mass is 10.1. The van der Waals surface area contributed by atoms with Crippen molar-refractivity contribution in [1.82, 2.24) is 20.2 Å². The van der Waals surface area contributed by atoms with E-state index in [4.69, 9.17) is 9.47 Å². The Morgan fingerprint density at radius 2 is 2.16 bits per heavy atom. The number of nitrogens with one attached hydrogen (secondary N) is 1. The number of rotatable bonds is 7. The fourth-order valence-electron chi connectivity index (χ4n) is 4.67. The Kier molecular flexibility index (Phi) is 5.94. The van der Waals surface area contributed by atoms with Gasteiger partial charge in [-0.2, -0.15) is 0 Å². The van der Waals surface area contributed by atoms with E-state index < -0.39 is 0 Å². The molecule has 32 heavy (non-hydrogen) atoms. The fourth-order valence-corrected chi connectivity index (χ4v) is 4.67. The highest BCUT2D eigenvalue weighted by atomic mass is 16.6. The maximum atomic E-state index is 12.2. The fraction of sp³-hybridized carbons (Fsp3) is 0.458. The summed E-state index contributed by atoms with van der Waals surface area (Å²) in [4.78, 5) is 25.4. The van der Waals surface area contributed by atoms with Gasteiger partial charge < -0.3 is 19.7 Å². The van der Waals surface area contributed by atoms with Gasteiger partial charge >= 0.3 is 6.09 Å². The van der Waals surface area contributed by atoms with Gasteiger partial charge in [-0.25, -0.2) is 9.78 Å². The highest BCUT2D eigenvalue weighted by molar-refractivity contribution is 5.88. The molecule has 1 N–H and O–H groups in total. The molecule has 0 saturated carbocycles. The molecule has 2 aromatic heterocycles. The number of hydrogen-bond acceptors (Lipinski definition) is 7. The molecule has 2 aliphatic heterocycles. The number of fused-ring (bicyclic) bond motifs is 1. The van der Waals surface area contributed by atoms with Crippen molar-refractivity contribution in [2.45, 2.75) is 25.4 Å². The quantitative estimate of drug-likeness (QED) is 0.716. The molecule has 168 valence electrons. The summed E-state index contributed by atoms with van der Waals surface area (Å²) < 4.78 is 10.9. The van der Waals surface area contributed by atoms with Crippen molar-refractivity contribution in [2.24, 2.45) is 5.92 Å². The van der Waals surface area contributed by atoms with Gasteiger partial charge in [0.2, 0.25) is 5.88 Å². The number of ether oxygens (including phenoxy) is 2. The van der Waals surface area contributed by atoms with Crippen molar-refractivity contribution in [3.8, 4) is 5.88 Å². The SMILES string of the molecule is COc1ccc2nccc(N3CCC(CNC[C@@H]4CN(C5=CCCC=C5)C(=O)O4)C3)c2n1. The lowest BCUT2D eigenvalue weighted by Crippen LogP contribution is -2.34. The van der Waals surface area contributed by atoms with Crippen LogP contribution in [0.5, 0.6) is 5.88 Å². The van der Waals surface area contributed by atoms with Crippen LogP contribution in [0, 0.1) is 5.92 Å². The predicted molar refractivity (Wildman–Crippen MR) is 123 cm³/mol. The minimum atomic E-state index is -0.242. The van der Waals surface area contributed by atoms with Gasteiger partial charge in [0.05, 0.1) is 24.9 Å². The zero-order valence-corrected chi connectivity index (χ0v) is 18.4. The molecule has 5 rings (SSSR count). The van der Waals surface area contributed by atoms with E-state index in [0.717, 1.165) is 61.3 Å². The Morgan fingerprint density at radius 1 is 1.22 bits per heavy atom. The first-order chi connectivity index (χ1) is 15.7. The Balaban J connectivity index is 1.14. The predicted octanol–water partition coefficient (Wildman–Crippen LogP) is 3.11. The van der Waals surface area contributed by atoms with Crippen LogP contribution in [-0.2, 0) is 4.74 Å². The van der Waals surface area contributed by atoms with Crippen LogP contribution in [0.3, 0.4) is 0 Å². The third-order valence-corrected chi connectivity index (χ3v) is 6.34. The molecule has 2 aromatic rings. The Morgan fingerprint density at radius 3 is 3.00 bits per heavy atom. The van der Waals surface area contributed by atoms with Gasteiger partial charge in [-0.3, -0.25) is 9.88 Å². The van der Waals surface area contributed by atoms with Crippen molar-refractivity contribution < 1.29 is 14.3 Å². The number of methoxy groups -OCH3 is 1. The summed E-state index contributed by atoms with van der Waals surface area (Å²) >= 11 is 0. The average molecular weight is 436 g/mol. The number of carbonyl (C=O) groups is 1. The van der Waals surface area contributed by atoms with Gasteiger partial charge in [-0.1, -0.05) is 12.2 Å². The molecule has 2 saturated heterocycles. The van der Waals surface area contributed by atoms with Crippen LogP contribution in [0.1, 0.15) is 19.3 Å². The molecule has 2 fully saturated rings. The molecule has 1 amide bonds. The molecule has 8 nitrogen and oxygen atoms in total. The summed E-state index contributed by atoms with van der Waals surface area (Å²) in [6, 6.07) is 5.82. The highest BCUT2D eigenvalue weighted by Gasteiger charge is 2.33. The number of anilines is 1. The van der Waals surface area contributed by atoms with Gasteiger partial charge in [0.15, 0.2) is 0 Å². The van der Waals surface area contributed by atoms with Crippen molar-refractivity contribution in [2.75, 3.05) is 44.7 Å². The van der Waals surface area contributed by atoms with E-state index in [2.05, 4.69) is 32.3 Å². The Hall–Kier alpha value is -3.13. The van der Waals surface area contributed by atoms with Gasteiger partial charge in [-0.15, -0.1) is 0 Å².